The van der Waals surface area contributed by atoms with Gasteiger partial charge in [-0.1, -0.05) is 42.1 Å². The van der Waals surface area contributed by atoms with E-state index in [0.29, 0.717) is 0 Å². The summed E-state index contributed by atoms with van der Waals surface area (Å²) in [4.78, 5) is 11.1. The van der Waals surface area contributed by atoms with Gasteiger partial charge in [-0.05, 0) is 18.2 Å². The number of carbonyl (C=O) groups excluding carboxylic acids is 1. The average molecular weight is 210 g/mol. The molecule has 1 aliphatic carbocycles. The van der Waals surface area contributed by atoms with Crippen molar-refractivity contribution in [3.63, 3.8) is 0 Å². The molecule has 1 aliphatic rings. The van der Waals surface area contributed by atoms with Crippen LogP contribution in [0.15, 0.2) is 46.8 Å². The highest BCUT2D eigenvalue weighted by molar-refractivity contribution is 8.06. The van der Waals surface area contributed by atoms with E-state index in [9.17, 15) is 9.18 Å². The van der Waals surface area contributed by atoms with Crippen molar-refractivity contribution in [3.8, 4) is 0 Å². The third kappa shape index (κ3) is 4.82. The molecule has 0 N–H and O–H groups in total. The lowest BCUT2D eigenvalue weighted by molar-refractivity contribution is -0.124. The first-order valence-electron chi connectivity index (χ1n) is 4.35. The van der Waals surface area contributed by atoms with Crippen LogP contribution in [0.1, 0.15) is 12.8 Å². The molecule has 0 atom stereocenters. The van der Waals surface area contributed by atoms with Gasteiger partial charge in [0, 0.05) is 11.0 Å². The van der Waals surface area contributed by atoms with Gasteiger partial charge in [-0.3, -0.25) is 4.79 Å². The predicted octanol–water partition coefficient (Wildman–Crippen LogP) is 3.52. The van der Waals surface area contributed by atoms with E-state index in [2.05, 4.69) is 18.2 Å². The van der Waals surface area contributed by atoms with Crippen molar-refractivity contribution in [1.29, 1.82) is 0 Å². The minimum atomic E-state index is -1.42. The van der Waals surface area contributed by atoms with E-state index in [4.69, 9.17) is 0 Å². The first-order chi connectivity index (χ1) is 6.79. The van der Waals surface area contributed by atoms with Gasteiger partial charge < -0.3 is 0 Å². The lowest BCUT2D eigenvalue weighted by Gasteiger charge is -2.01. The number of hydrogen-bond donors (Lipinski definition) is 0. The molecule has 0 radical (unpaired) electrons. The molecule has 0 heterocycles. The molecule has 1 rings (SSSR count). The Labute approximate surface area is 87.1 Å². The molecule has 0 fully saturated rings. The highest BCUT2D eigenvalue weighted by atomic mass is 32.2. The molecule has 0 saturated heterocycles. The van der Waals surface area contributed by atoms with Gasteiger partial charge >= 0.3 is 6.04 Å². The maximum atomic E-state index is 11.7. The molecule has 0 amide bonds. The fraction of sp³-hybridized carbons (Fsp3) is 0.182. The van der Waals surface area contributed by atoms with Crippen LogP contribution >= 0.6 is 11.8 Å². The van der Waals surface area contributed by atoms with E-state index in [1.54, 1.807) is 17.8 Å². The van der Waals surface area contributed by atoms with Crippen LogP contribution < -0.4 is 0 Å². The molecule has 0 aromatic carbocycles. The normalized spacial score (nSPS) is 16.5. The van der Waals surface area contributed by atoms with Crippen molar-refractivity contribution < 1.29 is 9.18 Å². The van der Waals surface area contributed by atoms with Gasteiger partial charge in [-0.2, -0.15) is 4.39 Å². The van der Waals surface area contributed by atoms with Crippen molar-refractivity contribution in [3.05, 3.63) is 46.8 Å². The second kappa shape index (κ2) is 6.38. The number of rotatable bonds is 4. The molecule has 0 aromatic rings. The number of hydrogen-bond acceptors (Lipinski definition) is 2. The quantitative estimate of drug-likeness (QED) is 0.401. The van der Waals surface area contributed by atoms with Crippen LogP contribution in [-0.2, 0) is 4.79 Å². The van der Waals surface area contributed by atoms with Crippen LogP contribution in [0.2, 0.25) is 0 Å². The summed E-state index contributed by atoms with van der Waals surface area (Å²) in [5.41, 5.74) is 0. The monoisotopic (exact) mass is 210 g/mol. The summed E-state index contributed by atoms with van der Waals surface area (Å²) in [7, 11) is 0. The van der Waals surface area contributed by atoms with E-state index < -0.39 is 6.04 Å². The highest BCUT2D eigenvalue weighted by Crippen LogP contribution is 2.22. The Morgan fingerprint density at radius 2 is 2.29 bits per heavy atom. The second-order valence-corrected chi connectivity index (χ2v) is 3.68. The Kier molecular flexibility index (Phi) is 5.00. The van der Waals surface area contributed by atoms with Gasteiger partial charge in [0.05, 0.1) is 0 Å². The SMILES string of the molecule is O=C(F)/C=C/C=C/SC1=CCCC=C1. The first kappa shape index (κ1) is 11.0. The summed E-state index contributed by atoms with van der Waals surface area (Å²) < 4.78 is 11.7. The van der Waals surface area contributed by atoms with Gasteiger partial charge in [-0.15, -0.1) is 0 Å². The van der Waals surface area contributed by atoms with Gasteiger partial charge in [0.15, 0.2) is 0 Å². The Morgan fingerprint density at radius 1 is 1.43 bits per heavy atom. The molecule has 14 heavy (non-hydrogen) atoms. The number of thioether (sulfide) groups is 1. The minimum absolute atomic E-state index is 0.891. The minimum Gasteiger partial charge on any atom is -0.256 e. The number of carbonyl (C=O) groups is 1. The zero-order chi connectivity index (χ0) is 10.2. The lowest BCUT2D eigenvalue weighted by atomic mass is 10.2. The van der Waals surface area contributed by atoms with E-state index in [1.165, 1.54) is 11.0 Å². The van der Waals surface area contributed by atoms with Crippen LogP contribution in [0.25, 0.3) is 0 Å². The van der Waals surface area contributed by atoms with E-state index in [0.717, 1.165) is 18.9 Å². The van der Waals surface area contributed by atoms with Crippen molar-refractivity contribution in [2.24, 2.45) is 0 Å². The van der Waals surface area contributed by atoms with Gasteiger partial charge in [0.1, 0.15) is 0 Å². The summed E-state index contributed by atoms with van der Waals surface area (Å²) in [6, 6.07) is -1.42. The van der Waals surface area contributed by atoms with Gasteiger partial charge in [0.25, 0.3) is 0 Å². The number of halogens is 1. The summed E-state index contributed by atoms with van der Waals surface area (Å²) >= 11 is 1.56. The lowest BCUT2D eigenvalue weighted by Crippen LogP contribution is -1.77. The highest BCUT2D eigenvalue weighted by Gasteiger charge is 1.93. The van der Waals surface area contributed by atoms with E-state index in [1.807, 2.05) is 5.41 Å². The molecular weight excluding hydrogens is 199 g/mol. The maximum absolute atomic E-state index is 11.7. The van der Waals surface area contributed by atoms with Crippen molar-refractivity contribution >= 4 is 17.8 Å². The zero-order valence-corrected chi connectivity index (χ0v) is 8.47. The third-order valence-corrected chi connectivity index (χ3v) is 2.45. The smallest absolute Gasteiger partial charge is 0.256 e. The molecular formula is C11H11FOS. The topological polar surface area (TPSA) is 17.1 Å². The first-order valence-corrected chi connectivity index (χ1v) is 5.23. The molecule has 1 nitrogen and oxygen atoms in total. The van der Waals surface area contributed by atoms with Crippen LogP contribution in [-0.4, -0.2) is 6.04 Å². The molecule has 0 unspecified atom stereocenters. The summed E-state index contributed by atoms with van der Waals surface area (Å²) in [6.07, 6.45) is 12.4. The van der Waals surface area contributed by atoms with Gasteiger partial charge in [-0.25, -0.2) is 0 Å². The van der Waals surface area contributed by atoms with Crippen molar-refractivity contribution in [2.75, 3.05) is 0 Å². The molecule has 74 valence electrons. The zero-order valence-electron chi connectivity index (χ0n) is 7.65. The second-order valence-electron chi connectivity index (χ2n) is 2.70. The molecule has 0 spiro atoms. The van der Waals surface area contributed by atoms with Crippen LogP contribution in [0.3, 0.4) is 0 Å². The number of allylic oxidation sites excluding steroid dienone is 6. The average Bonchev–Trinajstić information content (AvgIpc) is 2.18. The Balaban J connectivity index is 2.29. The van der Waals surface area contributed by atoms with Crippen LogP contribution in [0.4, 0.5) is 4.39 Å². The largest absolute Gasteiger partial charge is 0.324 e. The summed E-state index contributed by atoms with van der Waals surface area (Å²) in [6.45, 7) is 0. The Morgan fingerprint density at radius 3 is 2.93 bits per heavy atom. The molecule has 0 aromatic heterocycles. The van der Waals surface area contributed by atoms with Crippen molar-refractivity contribution in [2.45, 2.75) is 12.8 Å². The molecule has 3 heteroatoms. The van der Waals surface area contributed by atoms with Crippen LogP contribution in [0, 0.1) is 0 Å². The summed E-state index contributed by atoms with van der Waals surface area (Å²) in [5.74, 6) is 0. The molecule has 0 bridgehead atoms. The fourth-order valence-corrected chi connectivity index (χ4v) is 1.69. The third-order valence-electron chi connectivity index (χ3n) is 1.58. The molecule has 0 aliphatic heterocycles. The van der Waals surface area contributed by atoms with E-state index in [-0.39, 0.29) is 0 Å². The fourth-order valence-electron chi connectivity index (χ4n) is 0.971. The van der Waals surface area contributed by atoms with Crippen LogP contribution in [0.5, 0.6) is 0 Å². The Bertz CT molecular complexity index is 313. The Hall–Kier alpha value is -1.09. The molecule has 0 saturated carbocycles. The van der Waals surface area contributed by atoms with Crippen molar-refractivity contribution in [1.82, 2.24) is 0 Å². The standard InChI is InChI=1S/C11H11FOS/c12-11(13)8-4-5-9-14-10-6-2-1-3-7-10/h2,4-9H,1,3H2/b8-4+,9-5+. The van der Waals surface area contributed by atoms with Gasteiger partial charge in [0.2, 0.25) is 0 Å². The van der Waals surface area contributed by atoms with E-state index >= 15 is 0 Å². The summed E-state index contributed by atoms with van der Waals surface area (Å²) in [5, 5.41) is 1.82. The maximum Gasteiger partial charge on any atom is 0.324 e. The predicted molar refractivity (Wildman–Crippen MR) is 58.4 cm³/mol.